The molecule has 2 heterocycles. The molecular formula is C13H18ClN3. The normalized spacial score (nSPS) is 13.5. The van der Waals surface area contributed by atoms with Crippen molar-refractivity contribution in [3.8, 4) is 0 Å². The van der Waals surface area contributed by atoms with Gasteiger partial charge >= 0.3 is 0 Å². The van der Waals surface area contributed by atoms with E-state index in [1.807, 2.05) is 6.07 Å². The summed E-state index contributed by atoms with van der Waals surface area (Å²) in [6.45, 7) is 8.56. The summed E-state index contributed by atoms with van der Waals surface area (Å²) in [6.07, 6.45) is 1.03. The predicted octanol–water partition coefficient (Wildman–Crippen LogP) is 4.02. The first-order valence-electron chi connectivity index (χ1n) is 6.09. The first kappa shape index (κ1) is 12.4. The molecule has 1 atom stereocenters. The van der Waals surface area contributed by atoms with E-state index in [9.17, 15) is 0 Å². The Hall–Kier alpha value is -1.09. The van der Waals surface area contributed by atoms with Crippen molar-refractivity contribution < 1.29 is 0 Å². The Balaban J connectivity index is 2.56. The average Bonchev–Trinajstić information content (AvgIpc) is 2.72. The van der Waals surface area contributed by atoms with Crippen LogP contribution in [0.25, 0.3) is 5.65 Å². The third kappa shape index (κ3) is 2.29. The van der Waals surface area contributed by atoms with E-state index in [2.05, 4.69) is 43.8 Å². The molecule has 0 aliphatic rings. The van der Waals surface area contributed by atoms with Gasteiger partial charge in [0.05, 0.1) is 0 Å². The lowest BCUT2D eigenvalue weighted by atomic mass is 10.1. The smallest absolute Gasteiger partial charge is 0.157 e. The van der Waals surface area contributed by atoms with Crippen LogP contribution in [0, 0.1) is 0 Å². The molecule has 0 aliphatic carbocycles. The van der Waals surface area contributed by atoms with Crippen molar-refractivity contribution in [1.29, 1.82) is 0 Å². The standard InChI is InChI=1S/C13H18ClN3/c1-5-9(4)13-15-12-7-10(8(2)3)6-11(14)17(12)16-13/h6-9H,5H2,1-4H3. The van der Waals surface area contributed by atoms with E-state index in [0.29, 0.717) is 17.0 Å². The Kier molecular flexibility index (Phi) is 3.38. The first-order chi connectivity index (χ1) is 8.02. The number of hydrogen-bond donors (Lipinski definition) is 0. The second-order valence-electron chi connectivity index (χ2n) is 4.82. The summed E-state index contributed by atoms with van der Waals surface area (Å²) >= 11 is 6.23. The summed E-state index contributed by atoms with van der Waals surface area (Å²) in [4.78, 5) is 4.55. The van der Waals surface area contributed by atoms with E-state index in [1.54, 1.807) is 4.52 Å². The molecule has 0 radical (unpaired) electrons. The van der Waals surface area contributed by atoms with Crippen LogP contribution in [0.15, 0.2) is 12.1 Å². The molecule has 4 heteroatoms. The molecule has 1 unspecified atom stereocenters. The first-order valence-corrected chi connectivity index (χ1v) is 6.46. The summed E-state index contributed by atoms with van der Waals surface area (Å²) in [5.41, 5.74) is 2.04. The summed E-state index contributed by atoms with van der Waals surface area (Å²) in [7, 11) is 0. The maximum atomic E-state index is 6.23. The van der Waals surface area contributed by atoms with Gasteiger partial charge in [-0.3, -0.25) is 0 Å². The fourth-order valence-electron chi connectivity index (χ4n) is 1.71. The lowest BCUT2D eigenvalue weighted by molar-refractivity contribution is 0.676. The Labute approximate surface area is 107 Å². The van der Waals surface area contributed by atoms with Gasteiger partial charge in [-0.25, -0.2) is 9.50 Å². The van der Waals surface area contributed by atoms with Crippen LogP contribution < -0.4 is 0 Å². The highest BCUT2D eigenvalue weighted by Crippen LogP contribution is 2.23. The molecule has 0 amide bonds. The predicted molar refractivity (Wildman–Crippen MR) is 70.8 cm³/mol. The Bertz CT molecular complexity index is 531. The summed E-state index contributed by atoms with van der Waals surface area (Å²) in [5.74, 6) is 1.69. The van der Waals surface area contributed by atoms with Crippen molar-refractivity contribution in [3.05, 3.63) is 28.7 Å². The number of pyridine rings is 1. The highest BCUT2D eigenvalue weighted by molar-refractivity contribution is 6.29. The zero-order valence-electron chi connectivity index (χ0n) is 10.7. The van der Waals surface area contributed by atoms with Gasteiger partial charge in [-0.1, -0.05) is 39.3 Å². The minimum atomic E-state index is 0.369. The fraction of sp³-hybridized carbons (Fsp3) is 0.538. The molecule has 0 spiro atoms. The van der Waals surface area contributed by atoms with Crippen LogP contribution in [-0.4, -0.2) is 14.6 Å². The van der Waals surface area contributed by atoms with Gasteiger partial charge in [-0.15, -0.1) is 5.10 Å². The van der Waals surface area contributed by atoms with E-state index in [-0.39, 0.29) is 0 Å². The molecule has 2 rings (SSSR count). The van der Waals surface area contributed by atoms with Crippen LogP contribution in [0.2, 0.25) is 5.15 Å². The molecule has 0 fully saturated rings. The minimum absolute atomic E-state index is 0.369. The topological polar surface area (TPSA) is 30.2 Å². The highest BCUT2D eigenvalue weighted by Gasteiger charge is 2.13. The number of nitrogens with zero attached hydrogens (tertiary/aromatic N) is 3. The fourth-order valence-corrected chi connectivity index (χ4v) is 1.96. The van der Waals surface area contributed by atoms with Crippen LogP contribution in [0.3, 0.4) is 0 Å². The molecule has 3 nitrogen and oxygen atoms in total. The van der Waals surface area contributed by atoms with E-state index < -0.39 is 0 Å². The van der Waals surface area contributed by atoms with Crippen molar-refractivity contribution in [3.63, 3.8) is 0 Å². The van der Waals surface area contributed by atoms with E-state index in [0.717, 1.165) is 17.9 Å². The maximum Gasteiger partial charge on any atom is 0.157 e. The number of fused-ring (bicyclic) bond motifs is 1. The lowest BCUT2D eigenvalue weighted by Crippen LogP contribution is -1.96. The Morgan fingerprint density at radius 3 is 2.59 bits per heavy atom. The van der Waals surface area contributed by atoms with E-state index in [1.165, 1.54) is 5.56 Å². The monoisotopic (exact) mass is 251 g/mol. The molecule has 0 bridgehead atoms. The van der Waals surface area contributed by atoms with Gasteiger partial charge in [0.25, 0.3) is 0 Å². The van der Waals surface area contributed by atoms with Gasteiger partial charge in [0.2, 0.25) is 0 Å². The van der Waals surface area contributed by atoms with Gasteiger partial charge < -0.3 is 0 Å². The van der Waals surface area contributed by atoms with Crippen molar-refractivity contribution in [1.82, 2.24) is 14.6 Å². The van der Waals surface area contributed by atoms with Crippen LogP contribution >= 0.6 is 11.6 Å². The van der Waals surface area contributed by atoms with Gasteiger partial charge in [0, 0.05) is 5.92 Å². The summed E-state index contributed by atoms with van der Waals surface area (Å²) in [5, 5.41) is 5.09. The van der Waals surface area contributed by atoms with Gasteiger partial charge in [-0.05, 0) is 30.0 Å². The molecule has 2 aromatic heterocycles. The molecule has 2 aromatic rings. The minimum Gasteiger partial charge on any atom is -0.212 e. The summed E-state index contributed by atoms with van der Waals surface area (Å²) < 4.78 is 1.72. The van der Waals surface area contributed by atoms with Crippen molar-refractivity contribution in [2.24, 2.45) is 0 Å². The Morgan fingerprint density at radius 2 is 2.00 bits per heavy atom. The highest BCUT2D eigenvalue weighted by atomic mass is 35.5. The zero-order chi connectivity index (χ0) is 12.6. The third-order valence-corrected chi connectivity index (χ3v) is 3.42. The quantitative estimate of drug-likeness (QED) is 0.772. The van der Waals surface area contributed by atoms with E-state index >= 15 is 0 Å². The maximum absolute atomic E-state index is 6.23. The van der Waals surface area contributed by atoms with Crippen LogP contribution in [0.4, 0.5) is 0 Å². The lowest BCUT2D eigenvalue weighted by Gasteiger charge is -2.05. The average molecular weight is 252 g/mol. The van der Waals surface area contributed by atoms with Crippen LogP contribution in [-0.2, 0) is 0 Å². The van der Waals surface area contributed by atoms with Crippen molar-refractivity contribution in [2.45, 2.75) is 46.0 Å². The molecule has 0 N–H and O–H groups in total. The zero-order valence-corrected chi connectivity index (χ0v) is 11.5. The molecular weight excluding hydrogens is 234 g/mol. The summed E-state index contributed by atoms with van der Waals surface area (Å²) in [6, 6.07) is 4.03. The molecule has 0 saturated carbocycles. The SMILES string of the molecule is CCC(C)c1nc2cc(C(C)C)cc(Cl)n2n1. The number of hydrogen-bond acceptors (Lipinski definition) is 2. The number of rotatable bonds is 3. The van der Waals surface area contributed by atoms with Crippen LogP contribution in [0.5, 0.6) is 0 Å². The van der Waals surface area contributed by atoms with E-state index in [4.69, 9.17) is 11.6 Å². The molecule has 0 saturated heterocycles. The molecule has 0 aliphatic heterocycles. The number of aromatic nitrogens is 3. The number of halogens is 1. The molecule has 17 heavy (non-hydrogen) atoms. The van der Waals surface area contributed by atoms with Crippen LogP contribution in [0.1, 0.15) is 57.3 Å². The van der Waals surface area contributed by atoms with Gasteiger partial charge in [-0.2, -0.15) is 0 Å². The van der Waals surface area contributed by atoms with Crippen molar-refractivity contribution >= 4 is 17.2 Å². The second-order valence-corrected chi connectivity index (χ2v) is 5.20. The second kappa shape index (κ2) is 4.65. The van der Waals surface area contributed by atoms with Crippen molar-refractivity contribution in [2.75, 3.05) is 0 Å². The molecule has 92 valence electrons. The Morgan fingerprint density at radius 1 is 1.29 bits per heavy atom. The van der Waals surface area contributed by atoms with Gasteiger partial charge in [0.1, 0.15) is 5.15 Å². The third-order valence-electron chi connectivity index (χ3n) is 3.15. The molecule has 0 aromatic carbocycles. The van der Waals surface area contributed by atoms with Gasteiger partial charge in [0.15, 0.2) is 11.5 Å². The largest absolute Gasteiger partial charge is 0.212 e.